The van der Waals surface area contributed by atoms with Crippen LogP contribution in [0.5, 0.6) is 0 Å². The molecule has 6 heteroatoms. The molecule has 3 aromatic rings. The van der Waals surface area contributed by atoms with Crippen molar-refractivity contribution in [3.8, 4) is 0 Å². The fraction of sp³-hybridized carbons (Fsp3) is 0.269. The monoisotopic (exact) mass is 450 g/mol. The van der Waals surface area contributed by atoms with E-state index in [0.29, 0.717) is 16.8 Å². The van der Waals surface area contributed by atoms with Crippen molar-refractivity contribution in [1.82, 2.24) is 5.32 Å². The molecule has 0 heterocycles. The number of carbonyl (C=O) groups excluding carboxylic acids is 1. The molecule has 0 saturated carbocycles. The number of carbonyl (C=O) groups is 1. The lowest BCUT2D eigenvalue weighted by Gasteiger charge is -2.16. The zero-order valence-corrected chi connectivity index (χ0v) is 20.0. The topological polar surface area (TPSA) is 75.3 Å². The molecule has 5 nitrogen and oxygen atoms in total. The fourth-order valence-electron chi connectivity index (χ4n) is 3.45. The molecule has 1 amide bonds. The Balaban J connectivity index is 1.81. The molecular weight excluding hydrogens is 420 g/mol. The van der Waals surface area contributed by atoms with Crippen molar-refractivity contribution < 1.29 is 13.2 Å². The maximum atomic E-state index is 13.1. The van der Waals surface area contributed by atoms with Gasteiger partial charge in [-0.2, -0.15) is 0 Å². The molecule has 1 unspecified atom stereocenters. The molecule has 2 N–H and O–H groups in total. The summed E-state index contributed by atoms with van der Waals surface area (Å²) in [4.78, 5) is 12.9. The predicted octanol–water partition coefficient (Wildman–Crippen LogP) is 5.47. The number of amides is 1. The van der Waals surface area contributed by atoms with Crippen LogP contribution in [0.15, 0.2) is 65.6 Å². The van der Waals surface area contributed by atoms with Gasteiger partial charge in [0.15, 0.2) is 0 Å². The van der Waals surface area contributed by atoms with E-state index in [9.17, 15) is 13.2 Å². The number of anilines is 1. The normalized spacial score (nSPS) is 12.3. The quantitative estimate of drug-likeness (QED) is 0.501. The Kier molecular flexibility index (Phi) is 7.04. The minimum absolute atomic E-state index is 0.0864. The lowest BCUT2D eigenvalue weighted by atomic mass is 10.0. The van der Waals surface area contributed by atoms with Crippen LogP contribution in [0.25, 0.3) is 0 Å². The summed E-state index contributed by atoms with van der Waals surface area (Å²) >= 11 is 0. The van der Waals surface area contributed by atoms with Crippen LogP contribution >= 0.6 is 0 Å². The highest BCUT2D eigenvalue weighted by Gasteiger charge is 2.20. The van der Waals surface area contributed by atoms with Crippen LogP contribution in [0.3, 0.4) is 0 Å². The van der Waals surface area contributed by atoms with Crippen LogP contribution in [0.4, 0.5) is 5.69 Å². The van der Waals surface area contributed by atoms with E-state index in [0.717, 1.165) is 23.1 Å². The zero-order valence-electron chi connectivity index (χ0n) is 19.2. The van der Waals surface area contributed by atoms with Crippen LogP contribution in [-0.4, -0.2) is 14.3 Å². The minimum Gasteiger partial charge on any atom is -0.346 e. The number of hydrogen-bond acceptors (Lipinski definition) is 3. The molecule has 1 atom stereocenters. The van der Waals surface area contributed by atoms with E-state index >= 15 is 0 Å². The second-order valence-corrected chi connectivity index (χ2v) is 9.83. The molecule has 0 aliphatic carbocycles. The van der Waals surface area contributed by atoms with Gasteiger partial charge in [0.1, 0.15) is 0 Å². The summed E-state index contributed by atoms with van der Waals surface area (Å²) in [6.07, 6.45) is 0.956. The third kappa shape index (κ3) is 5.37. The zero-order chi connectivity index (χ0) is 23.5. The Morgan fingerprint density at radius 2 is 1.53 bits per heavy atom. The van der Waals surface area contributed by atoms with Crippen LogP contribution in [0, 0.1) is 20.8 Å². The van der Waals surface area contributed by atoms with Crippen molar-refractivity contribution in [3.63, 3.8) is 0 Å². The Bertz CT molecular complexity index is 1230. The second kappa shape index (κ2) is 9.57. The van der Waals surface area contributed by atoms with Crippen molar-refractivity contribution in [3.05, 3.63) is 94.0 Å². The summed E-state index contributed by atoms with van der Waals surface area (Å²) in [7, 11) is -3.85. The van der Waals surface area contributed by atoms with Crippen molar-refractivity contribution in [1.29, 1.82) is 0 Å². The molecule has 0 saturated heterocycles. The van der Waals surface area contributed by atoms with E-state index in [1.54, 1.807) is 31.2 Å². The van der Waals surface area contributed by atoms with Crippen LogP contribution in [0.2, 0.25) is 0 Å². The van der Waals surface area contributed by atoms with E-state index in [2.05, 4.69) is 17.0 Å². The van der Waals surface area contributed by atoms with Gasteiger partial charge in [0.2, 0.25) is 0 Å². The first-order valence-corrected chi connectivity index (χ1v) is 12.2. The largest absolute Gasteiger partial charge is 0.346 e. The summed E-state index contributed by atoms with van der Waals surface area (Å²) in [6.45, 7) is 9.62. The highest BCUT2D eigenvalue weighted by molar-refractivity contribution is 7.92. The molecule has 32 heavy (non-hydrogen) atoms. The first kappa shape index (κ1) is 23.5. The van der Waals surface area contributed by atoms with Crippen molar-refractivity contribution in [2.75, 3.05) is 4.72 Å². The lowest BCUT2D eigenvalue weighted by molar-refractivity contribution is 0.0939. The van der Waals surface area contributed by atoms with Gasteiger partial charge in [-0.3, -0.25) is 9.52 Å². The fourth-order valence-corrected chi connectivity index (χ4v) is 4.77. The molecule has 0 aliphatic heterocycles. The van der Waals surface area contributed by atoms with Gasteiger partial charge >= 0.3 is 0 Å². The Morgan fingerprint density at radius 3 is 2.16 bits per heavy atom. The number of hydrogen-bond donors (Lipinski definition) is 2. The van der Waals surface area contributed by atoms with Gasteiger partial charge in [0.05, 0.1) is 10.9 Å². The Morgan fingerprint density at radius 1 is 0.875 bits per heavy atom. The number of sulfonamides is 1. The van der Waals surface area contributed by atoms with Crippen molar-refractivity contribution >= 4 is 21.6 Å². The van der Waals surface area contributed by atoms with E-state index in [4.69, 9.17) is 0 Å². The molecule has 0 aromatic heterocycles. The maximum absolute atomic E-state index is 13.1. The van der Waals surface area contributed by atoms with Gasteiger partial charge in [0, 0.05) is 11.3 Å². The van der Waals surface area contributed by atoms with Crippen molar-refractivity contribution in [2.45, 2.75) is 52.0 Å². The van der Waals surface area contributed by atoms with Gasteiger partial charge in [-0.15, -0.1) is 0 Å². The standard InChI is InChI=1S/C26H30N2O3S/c1-6-21-9-12-22(13-10-21)20(5)27-26(29)23-11-7-18(3)25(16-23)32(30,31)28-24-14-8-17(2)19(4)15-24/h7-16,20,28H,6H2,1-5H3,(H,27,29). The molecular formula is C26H30N2O3S. The Labute approximate surface area is 190 Å². The molecule has 0 aliphatic rings. The SMILES string of the molecule is CCc1ccc(C(C)NC(=O)c2ccc(C)c(S(=O)(=O)Nc3ccc(C)c(C)c3)c2)cc1. The predicted molar refractivity (Wildman–Crippen MR) is 130 cm³/mol. The average Bonchev–Trinajstić information content (AvgIpc) is 2.76. The number of nitrogens with one attached hydrogen (secondary N) is 2. The number of rotatable bonds is 7. The lowest BCUT2D eigenvalue weighted by Crippen LogP contribution is -2.27. The summed E-state index contributed by atoms with van der Waals surface area (Å²) < 4.78 is 28.7. The summed E-state index contributed by atoms with van der Waals surface area (Å²) in [5.41, 5.74) is 5.67. The molecule has 168 valence electrons. The number of benzene rings is 3. The van der Waals surface area contributed by atoms with Gasteiger partial charge in [-0.05, 0) is 86.2 Å². The van der Waals surface area contributed by atoms with E-state index in [1.165, 1.54) is 11.6 Å². The smallest absolute Gasteiger partial charge is 0.262 e. The molecule has 3 rings (SSSR count). The maximum Gasteiger partial charge on any atom is 0.262 e. The van der Waals surface area contributed by atoms with Crippen molar-refractivity contribution in [2.24, 2.45) is 0 Å². The van der Waals surface area contributed by atoms with Crippen LogP contribution < -0.4 is 10.0 Å². The van der Waals surface area contributed by atoms with E-state index < -0.39 is 10.0 Å². The molecule has 3 aromatic carbocycles. The average molecular weight is 451 g/mol. The van der Waals surface area contributed by atoms with Gasteiger partial charge in [0.25, 0.3) is 15.9 Å². The number of aryl methyl sites for hydroxylation is 4. The van der Waals surface area contributed by atoms with Crippen LogP contribution in [0.1, 0.15) is 58.1 Å². The first-order chi connectivity index (χ1) is 15.1. The van der Waals surface area contributed by atoms with Gasteiger partial charge in [-0.25, -0.2) is 8.42 Å². The molecule has 0 bridgehead atoms. The summed E-state index contributed by atoms with van der Waals surface area (Å²) in [6, 6.07) is 18.0. The highest BCUT2D eigenvalue weighted by atomic mass is 32.2. The van der Waals surface area contributed by atoms with Gasteiger partial charge in [-0.1, -0.05) is 43.3 Å². The van der Waals surface area contributed by atoms with E-state index in [1.807, 2.05) is 51.1 Å². The summed E-state index contributed by atoms with van der Waals surface area (Å²) in [5, 5.41) is 2.96. The summed E-state index contributed by atoms with van der Waals surface area (Å²) in [5.74, 6) is -0.320. The third-order valence-electron chi connectivity index (χ3n) is 5.73. The third-order valence-corrected chi connectivity index (χ3v) is 7.26. The Hall–Kier alpha value is -3.12. The van der Waals surface area contributed by atoms with E-state index in [-0.39, 0.29) is 16.8 Å². The molecule has 0 radical (unpaired) electrons. The molecule has 0 spiro atoms. The first-order valence-electron chi connectivity index (χ1n) is 10.7. The van der Waals surface area contributed by atoms with Gasteiger partial charge < -0.3 is 5.32 Å². The molecule has 0 fully saturated rings. The highest BCUT2D eigenvalue weighted by Crippen LogP contribution is 2.23. The minimum atomic E-state index is -3.85. The van der Waals surface area contributed by atoms with Crippen LogP contribution in [-0.2, 0) is 16.4 Å². The second-order valence-electron chi connectivity index (χ2n) is 8.18.